The lowest BCUT2D eigenvalue weighted by Crippen LogP contribution is -1.88. The van der Waals surface area contributed by atoms with Crippen molar-refractivity contribution < 1.29 is 4.74 Å². The molecule has 94 valence electrons. The Balaban J connectivity index is 1.96. The fourth-order valence-corrected chi connectivity index (χ4v) is 2.11. The summed E-state index contributed by atoms with van der Waals surface area (Å²) in [5.41, 5.74) is 1.94. The average Bonchev–Trinajstić information content (AvgIpc) is 2.48. The molecule has 0 spiro atoms. The summed E-state index contributed by atoms with van der Waals surface area (Å²) in [5.74, 6) is 2.06. The summed E-state index contributed by atoms with van der Waals surface area (Å²) in [7, 11) is 0. The zero-order valence-corrected chi connectivity index (χ0v) is 11.0. The SMILES string of the molecule is ClCc1ccc(Oc2cccc3cccnc23)cc1. The standard InChI is InChI=1S/C16H12ClNO/c17-11-12-6-8-14(9-7-12)19-15-5-1-3-13-4-2-10-18-16(13)15/h1-10H,11H2. The highest BCUT2D eigenvalue weighted by molar-refractivity contribution is 6.17. The highest BCUT2D eigenvalue weighted by Crippen LogP contribution is 2.28. The van der Waals surface area contributed by atoms with Crippen LogP contribution in [0.25, 0.3) is 10.9 Å². The predicted octanol–water partition coefficient (Wildman–Crippen LogP) is 4.77. The number of nitrogens with zero attached hydrogens (tertiary/aromatic N) is 1. The zero-order valence-electron chi connectivity index (χ0n) is 10.2. The molecule has 2 nitrogen and oxygen atoms in total. The fourth-order valence-electron chi connectivity index (χ4n) is 1.93. The minimum Gasteiger partial charge on any atom is -0.455 e. The van der Waals surface area contributed by atoms with E-state index in [2.05, 4.69) is 4.98 Å². The van der Waals surface area contributed by atoms with E-state index in [4.69, 9.17) is 16.3 Å². The number of benzene rings is 2. The molecule has 1 heterocycles. The van der Waals surface area contributed by atoms with Gasteiger partial charge in [0.2, 0.25) is 0 Å². The summed E-state index contributed by atoms with van der Waals surface area (Å²) in [6, 6.07) is 17.6. The van der Waals surface area contributed by atoms with E-state index in [1.807, 2.05) is 54.6 Å². The van der Waals surface area contributed by atoms with Gasteiger partial charge >= 0.3 is 0 Å². The molecule has 0 amide bonds. The fraction of sp³-hybridized carbons (Fsp3) is 0.0625. The average molecular weight is 270 g/mol. The van der Waals surface area contributed by atoms with Gasteiger partial charge in [0.25, 0.3) is 0 Å². The Bertz CT molecular complexity index is 689. The number of hydrogen-bond acceptors (Lipinski definition) is 2. The van der Waals surface area contributed by atoms with Crippen LogP contribution in [-0.2, 0) is 5.88 Å². The lowest BCUT2D eigenvalue weighted by molar-refractivity contribution is 0.487. The molecular formula is C16H12ClNO. The molecule has 0 atom stereocenters. The van der Waals surface area contributed by atoms with Crippen molar-refractivity contribution >= 4 is 22.5 Å². The minimum absolute atomic E-state index is 0.510. The van der Waals surface area contributed by atoms with Crippen molar-refractivity contribution in [3.8, 4) is 11.5 Å². The Kier molecular flexibility index (Phi) is 3.34. The van der Waals surface area contributed by atoms with Gasteiger partial charge in [-0.1, -0.05) is 30.3 Å². The van der Waals surface area contributed by atoms with Crippen LogP contribution in [0.15, 0.2) is 60.8 Å². The van der Waals surface area contributed by atoms with Gasteiger partial charge in [-0.05, 0) is 29.8 Å². The Labute approximate surface area is 116 Å². The Morgan fingerprint density at radius 1 is 0.947 bits per heavy atom. The number of aromatic nitrogens is 1. The van der Waals surface area contributed by atoms with Crippen molar-refractivity contribution in [3.05, 3.63) is 66.4 Å². The molecule has 0 N–H and O–H groups in total. The molecule has 0 saturated heterocycles. The van der Waals surface area contributed by atoms with Crippen LogP contribution in [0.2, 0.25) is 0 Å². The van der Waals surface area contributed by atoms with Gasteiger partial charge < -0.3 is 4.74 Å². The topological polar surface area (TPSA) is 22.1 Å². The van der Waals surface area contributed by atoms with Gasteiger partial charge in [-0.15, -0.1) is 11.6 Å². The number of fused-ring (bicyclic) bond motifs is 1. The molecule has 19 heavy (non-hydrogen) atoms. The first kappa shape index (κ1) is 12.0. The van der Waals surface area contributed by atoms with Crippen molar-refractivity contribution in [2.75, 3.05) is 0 Å². The maximum absolute atomic E-state index is 5.89. The third kappa shape index (κ3) is 2.54. The molecule has 0 aliphatic rings. The molecule has 0 aliphatic heterocycles. The lowest BCUT2D eigenvalue weighted by atomic mass is 10.2. The van der Waals surface area contributed by atoms with Gasteiger partial charge in [0.1, 0.15) is 11.3 Å². The van der Waals surface area contributed by atoms with Crippen LogP contribution in [0.5, 0.6) is 11.5 Å². The van der Waals surface area contributed by atoms with Crippen molar-refractivity contribution in [1.29, 1.82) is 0 Å². The second-order valence-corrected chi connectivity index (χ2v) is 4.48. The van der Waals surface area contributed by atoms with E-state index in [9.17, 15) is 0 Å². The van der Waals surface area contributed by atoms with Crippen LogP contribution in [0.4, 0.5) is 0 Å². The normalized spacial score (nSPS) is 10.6. The third-order valence-electron chi connectivity index (χ3n) is 2.90. The summed E-state index contributed by atoms with van der Waals surface area (Å²) in [4.78, 5) is 4.36. The second kappa shape index (κ2) is 5.29. The van der Waals surface area contributed by atoms with Crippen LogP contribution < -0.4 is 4.74 Å². The van der Waals surface area contributed by atoms with Crippen LogP contribution in [0.3, 0.4) is 0 Å². The van der Waals surface area contributed by atoms with Crippen LogP contribution in [0.1, 0.15) is 5.56 Å². The van der Waals surface area contributed by atoms with E-state index in [1.165, 1.54) is 0 Å². The summed E-state index contributed by atoms with van der Waals surface area (Å²) in [5, 5.41) is 1.07. The molecule has 2 aromatic carbocycles. The minimum atomic E-state index is 0.510. The highest BCUT2D eigenvalue weighted by atomic mass is 35.5. The molecule has 1 aromatic heterocycles. The lowest BCUT2D eigenvalue weighted by Gasteiger charge is -2.08. The molecule has 3 rings (SSSR count). The summed E-state index contributed by atoms with van der Waals surface area (Å²) < 4.78 is 5.89. The molecule has 3 aromatic rings. The first-order valence-corrected chi connectivity index (χ1v) is 6.57. The third-order valence-corrected chi connectivity index (χ3v) is 3.21. The van der Waals surface area contributed by atoms with E-state index >= 15 is 0 Å². The van der Waals surface area contributed by atoms with Crippen LogP contribution in [-0.4, -0.2) is 4.98 Å². The molecule has 0 radical (unpaired) electrons. The van der Waals surface area contributed by atoms with Crippen LogP contribution in [0, 0.1) is 0 Å². The zero-order chi connectivity index (χ0) is 13.1. The second-order valence-electron chi connectivity index (χ2n) is 4.21. The van der Waals surface area contributed by atoms with Crippen molar-refractivity contribution in [2.45, 2.75) is 5.88 Å². The highest BCUT2D eigenvalue weighted by Gasteiger charge is 2.04. The number of rotatable bonds is 3. The van der Waals surface area contributed by atoms with E-state index in [0.717, 1.165) is 28.0 Å². The maximum Gasteiger partial charge on any atom is 0.153 e. The number of halogens is 1. The smallest absolute Gasteiger partial charge is 0.153 e. The number of alkyl halides is 1. The van der Waals surface area contributed by atoms with Gasteiger partial charge in [0.15, 0.2) is 5.75 Å². The molecule has 0 aliphatic carbocycles. The molecule has 0 fully saturated rings. The van der Waals surface area contributed by atoms with Crippen molar-refractivity contribution in [1.82, 2.24) is 4.98 Å². The summed E-state index contributed by atoms with van der Waals surface area (Å²) >= 11 is 5.77. The Hall–Kier alpha value is -2.06. The molecule has 0 bridgehead atoms. The first-order chi connectivity index (χ1) is 9.36. The van der Waals surface area contributed by atoms with E-state index in [0.29, 0.717) is 5.88 Å². The van der Waals surface area contributed by atoms with Gasteiger partial charge in [-0.3, -0.25) is 4.98 Å². The predicted molar refractivity (Wildman–Crippen MR) is 77.8 cm³/mol. The quantitative estimate of drug-likeness (QED) is 0.639. The van der Waals surface area contributed by atoms with E-state index in [-0.39, 0.29) is 0 Å². The molecular weight excluding hydrogens is 258 g/mol. The largest absolute Gasteiger partial charge is 0.455 e. The van der Waals surface area contributed by atoms with Crippen molar-refractivity contribution in [2.24, 2.45) is 0 Å². The first-order valence-electron chi connectivity index (χ1n) is 6.03. The van der Waals surface area contributed by atoms with Crippen molar-refractivity contribution in [3.63, 3.8) is 0 Å². The summed E-state index contributed by atoms with van der Waals surface area (Å²) in [6.45, 7) is 0. The molecule has 3 heteroatoms. The number of pyridine rings is 1. The monoisotopic (exact) mass is 269 g/mol. The molecule has 0 saturated carbocycles. The number of para-hydroxylation sites is 1. The van der Waals surface area contributed by atoms with Gasteiger partial charge in [0.05, 0.1) is 0 Å². The van der Waals surface area contributed by atoms with Gasteiger partial charge in [-0.2, -0.15) is 0 Å². The summed E-state index contributed by atoms with van der Waals surface area (Å²) in [6.07, 6.45) is 1.77. The number of hydrogen-bond donors (Lipinski definition) is 0. The Morgan fingerprint density at radius 2 is 1.74 bits per heavy atom. The number of ether oxygens (including phenoxy) is 1. The van der Waals surface area contributed by atoms with E-state index < -0.39 is 0 Å². The van der Waals surface area contributed by atoms with Crippen LogP contribution >= 0.6 is 11.6 Å². The van der Waals surface area contributed by atoms with Gasteiger partial charge in [-0.25, -0.2) is 0 Å². The van der Waals surface area contributed by atoms with Gasteiger partial charge in [0, 0.05) is 17.5 Å². The van der Waals surface area contributed by atoms with E-state index in [1.54, 1.807) is 6.20 Å². The Morgan fingerprint density at radius 3 is 2.53 bits per heavy atom. The molecule has 0 unspecified atom stereocenters. The maximum atomic E-state index is 5.89.